The Balaban J connectivity index is 1.18. The van der Waals surface area contributed by atoms with E-state index in [2.05, 4.69) is 20.7 Å². The predicted molar refractivity (Wildman–Crippen MR) is 147 cm³/mol. The molecule has 0 bridgehead atoms. The fourth-order valence-electron chi connectivity index (χ4n) is 5.49. The van der Waals surface area contributed by atoms with Crippen molar-refractivity contribution in [1.29, 1.82) is 0 Å². The van der Waals surface area contributed by atoms with E-state index >= 15 is 0 Å². The Morgan fingerprint density at radius 3 is 2.63 bits per heavy atom. The van der Waals surface area contributed by atoms with Crippen LogP contribution in [-0.4, -0.2) is 67.3 Å². The van der Waals surface area contributed by atoms with Crippen molar-refractivity contribution in [3.63, 3.8) is 0 Å². The third kappa shape index (κ3) is 5.47. The minimum atomic E-state index is -0.921. The zero-order valence-corrected chi connectivity index (χ0v) is 22.0. The van der Waals surface area contributed by atoms with Gasteiger partial charge < -0.3 is 25.5 Å². The van der Waals surface area contributed by atoms with Crippen molar-refractivity contribution in [3.05, 3.63) is 77.8 Å². The van der Waals surface area contributed by atoms with Gasteiger partial charge in [-0.3, -0.25) is 4.79 Å². The largest absolute Gasteiger partial charge is 0.465 e. The molecule has 0 radical (unpaired) electrons. The molecule has 1 atom stereocenters. The Bertz CT molecular complexity index is 1600. The van der Waals surface area contributed by atoms with E-state index < -0.39 is 23.6 Å². The normalized spacial score (nSPS) is 17.7. The maximum absolute atomic E-state index is 14.6. The van der Waals surface area contributed by atoms with Crippen molar-refractivity contribution < 1.29 is 23.5 Å². The summed E-state index contributed by atoms with van der Waals surface area (Å²) in [6, 6.07) is 10.0. The van der Waals surface area contributed by atoms with E-state index in [1.807, 2.05) is 4.90 Å². The number of piperidine rings is 1. The van der Waals surface area contributed by atoms with Crippen LogP contribution in [0.2, 0.25) is 0 Å². The average Bonchev–Trinajstić information content (AvgIpc) is 3.62. The third-order valence-electron chi connectivity index (χ3n) is 7.57. The monoisotopic (exact) mass is 562 g/mol. The summed E-state index contributed by atoms with van der Waals surface area (Å²) in [6.07, 6.45) is 5.03. The molecule has 2 saturated heterocycles. The van der Waals surface area contributed by atoms with Gasteiger partial charge in [-0.1, -0.05) is 6.07 Å². The molecule has 0 aliphatic carbocycles. The topological polar surface area (TPSA) is 128 Å². The molecule has 1 aromatic carbocycles. The Labute approximate surface area is 233 Å². The zero-order valence-electron chi connectivity index (χ0n) is 22.0. The minimum absolute atomic E-state index is 0.0499. The van der Waals surface area contributed by atoms with Crippen molar-refractivity contribution in [3.8, 4) is 0 Å². The number of amides is 2. The molecule has 2 aliphatic rings. The smallest absolute Gasteiger partial charge is 0.407 e. The Morgan fingerprint density at radius 2 is 1.83 bits per heavy atom. The first-order valence-corrected chi connectivity index (χ1v) is 13.4. The first-order chi connectivity index (χ1) is 19.9. The van der Waals surface area contributed by atoms with Gasteiger partial charge in [-0.15, -0.1) is 0 Å². The van der Waals surface area contributed by atoms with Gasteiger partial charge in [0.15, 0.2) is 5.65 Å². The van der Waals surface area contributed by atoms with Crippen molar-refractivity contribution in [2.45, 2.75) is 37.8 Å². The number of nitrogens with zero attached hydrogens (tertiary/aromatic N) is 6. The number of likely N-dealkylation sites (tertiary alicyclic amines) is 1. The standard InChI is InChI=1S/C28H28F2N8O3/c29-17-6-7-20(30)19(15-17)23-4-2-11-37(23)25-10-14-38-26(35-25)22(16-31-38)34-27(39)21-3-1-5-24(33-21)32-18-8-12-36(13-9-18)28(40)41/h1,3,5-7,10,14-16,18,23H,2,4,8-9,11-13H2,(H,32,33)(H,34,39)(H,40,41)/t23-/m1/s1. The second-order valence-corrected chi connectivity index (χ2v) is 10.2. The van der Waals surface area contributed by atoms with E-state index in [1.54, 1.807) is 30.5 Å². The van der Waals surface area contributed by atoms with Gasteiger partial charge >= 0.3 is 6.09 Å². The molecule has 5 heterocycles. The number of rotatable bonds is 6. The highest BCUT2D eigenvalue weighted by atomic mass is 19.1. The van der Waals surface area contributed by atoms with Crippen LogP contribution in [0.5, 0.6) is 0 Å². The molecule has 4 aromatic rings. The Kier molecular flexibility index (Phi) is 7.08. The molecule has 11 nitrogen and oxygen atoms in total. The molecule has 0 spiro atoms. The molecule has 13 heteroatoms. The number of carbonyl (C=O) groups is 2. The first-order valence-electron chi connectivity index (χ1n) is 13.4. The van der Waals surface area contributed by atoms with Gasteiger partial charge in [0, 0.05) is 37.4 Å². The number of halogens is 2. The van der Waals surface area contributed by atoms with Crippen molar-refractivity contribution in [2.24, 2.45) is 0 Å². The molecule has 2 aliphatic heterocycles. The summed E-state index contributed by atoms with van der Waals surface area (Å²) >= 11 is 0. The van der Waals surface area contributed by atoms with E-state index in [0.717, 1.165) is 18.6 Å². The van der Waals surface area contributed by atoms with Gasteiger partial charge in [0.1, 0.15) is 34.7 Å². The maximum atomic E-state index is 14.6. The Hall–Kier alpha value is -4.81. The lowest BCUT2D eigenvalue weighted by molar-refractivity contribution is 0.102. The number of pyridine rings is 1. The molecule has 0 saturated carbocycles. The van der Waals surface area contributed by atoms with Crippen LogP contribution in [0.3, 0.4) is 0 Å². The summed E-state index contributed by atoms with van der Waals surface area (Å²) in [5.74, 6) is -0.308. The fraction of sp³-hybridized carbons (Fsp3) is 0.321. The molecular formula is C28H28F2N8O3. The minimum Gasteiger partial charge on any atom is -0.465 e. The van der Waals surface area contributed by atoms with Crippen LogP contribution < -0.4 is 15.5 Å². The van der Waals surface area contributed by atoms with Crippen LogP contribution in [0.4, 0.5) is 30.9 Å². The highest BCUT2D eigenvalue weighted by Gasteiger charge is 2.30. The van der Waals surface area contributed by atoms with Gasteiger partial charge in [-0.05, 0) is 62.1 Å². The SMILES string of the molecule is O=C(Nc1cnn2ccc(N3CCC[C@@H]3c3cc(F)ccc3F)nc12)c1cccc(NC2CCN(C(=O)O)CC2)n1. The van der Waals surface area contributed by atoms with Crippen molar-refractivity contribution >= 4 is 35.0 Å². The van der Waals surface area contributed by atoms with Crippen molar-refractivity contribution in [1.82, 2.24) is 24.5 Å². The summed E-state index contributed by atoms with van der Waals surface area (Å²) in [5.41, 5.74) is 1.26. The quantitative estimate of drug-likeness (QED) is 0.312. The van der Waals surface area contributed by atoms with Crippen LogP contribution in [0.1, 0.15) is 47.8 Å². The second-order valence-electron chi connectivity index (χ2n) is 10.2. The predicted octanol–water partition coefficient (Wildman–Crippen LogP) is 4.55. The molecule has 6 rings (SSSR count). The molecule has 2 amide bonds. The number of benzene rings is 1. The molecule has 41 heavy (non-hydrogen) atoms. The third-order valence-corrected chi connectivity index (χ3v) is 7.57. The molecule has 212 valence electrons. The molecule has 2 fully saturated rings. The highest BCUT2D eigenvalue weighted by Crippen LogP contribution is 2.37. The maximum Gasteiger partial charge on any atom is 0.407 e. The van der Waals surface area contributed by atoms with Gasteiger partial charge in [0.2, 0.25) is 0 Å². The fourth-order valence-corrected chi connectivity index (χ4v) is 5.49. The van der Waals surface area contributed by atoms with E-state index in [0.29, 0.717) is 67.4 Å². The number of carbonyl (C=O) groups excluding carboxylic acids is 1. The second kappa shape index (κ2) is 11.0. The summed E-state index contributed by atoms with van der Waals surface area (Å²) < 4.78 is 30.0. The summed E-state index contributed by atoms with van der Waals surface area (Å²) in [6.45, 7) is 1.50. The van der Waals surface area contributed by atoms with Crippen molar-refractivity contribution in [2.75, 3.05) is 35.2 Å². The lowest BCUT2D eigenvalue weighted by Crippen LogP contribution is -2.41. The van der Waals surface area contributed by atoms with Crippen LogP contribution in [0.15, 0.2) is 54.9 Å². The van der Waals surface area contributed by atoms with Crippen LogP contribution in [0, 0.1) is 11.6 Å². The van der Waals surface area contributed by atoms with Gasteiger partial charge in [0.05, 0.1) is 12.2 Å². The van der Waals surface area contributed by atoms with Crippen LogP contribution >= 0.6 is 0 Å². The summed E-state index contributed by atoms with van der Waals surface area (Å²) in [4.78, 5) is 36.8. The number of anilines is 3. The number of fused-ring (bicyclic) bond motifs is 1. The summed E-state index contributed by atoms with van der Waals surface area (Å²) in [5, 5.41) is 19.5. The number of carboxylic acid groups (broad SMARTS) is 1. The van der Waals surface area contributed by atoms with E-state index in [4.69, 9.17) is 10.1 Å². The molecule has 3 aromatic heterocycles. The van der Waals surface area contributed by atoms with Crippen LogP contribution in [-0.2, 0) is 0 Å². The highest BCUT2D eigenvalue weighted by molar-refractivity contribution is 6.04. The number of hydrogen-bond donors (Lipinski definition) is 3. The lowest BCUT2D eigenvalue weighted by Gasteiger charge is -2.30. The number of aromatic nitrogens is 4. The van der Waals surface area contributed by atoms with Crippen LogP contribution in [0.25, 0.3) is 5.65 Å². The first kappa shape index (κ1) is 26.4. The average molecular weight is 563 g/mol. The molecule has 3 N–H and O–H groups in total. The molecule has 0 unspecified atom stereocenters. The number of hydrogen-bond acceptors (Lipinski definition) is 7. The molecular weight excluding hydrogens is 534 g/mol. The van der Waals surface area contributed by atoms with E-state index in [-0.39, 0.29) is 17.8 Å². The lowest BCUT2D eigenvalue weighted by atomic mass is 10.0. The van der Waals surface area contributed by atoms with E-state index in [9.17, 15) is 18.4 Å². The van der Waals surface area contributed by atoms with Gasteiger partial charge in [-0.2, -0.15) is 5.10 Å². The van der Waals surface area contributed by atoms with Gasteiger partial charge in [-0.25, -0.2) is 28.1 Å². The number of nitrogens with one attached hydrogen (secondary N) is 2. The zero-order chi connectivity index (χ0) is 28.5. The summed E-state index contributed by atoms with van der Waals surface area (Å²) in [7, 11) is 0. The van der Waals surface area contributed by atoms with Gasteiger partial charge in [0.25, 0.3) is 5.91 Å². The Morgan fingerprint density at radius 1 is 1.00 bits per heavy atom. The van der Waals surface area contributed by atoms with E-state index in [1.165, 1.54) is 21.7 Å².